The molecule has 0 bridgehead atoms. The second-order valence-corrected chi connectivity index (χ2v) is 6.59. The summed E-state index contributed by atoms with van der Waals surface area (Å²) in [6.45, 7) is 6.65. The van der Waals surface area contributed by atoms with Crippen LogP contribution in [0.4, 0.5) is 0 Å². The van der Waals surface area contributed by atoms with Crippen molar-refractivity contribution in [3.8, 4) is 0 Å². The zero-order chi connectivity index (χ0) is 14.6. The van der Waals surface area contributed by atoms with Gasteiger partial charge in [-0.1, -0.05) is 0 Å². The fourth-order valence-electron chi connectivity index (χ4n) is 2.40. The van der Waals surface area contributed by atoms with Crippen molar-refractivity contribution in [2.45, 2.75) is 12.8 Å². The van der Waals surface area contributed by atoms with Crippen LogP contribution in [0.3, 0.4) is 0 Å². The first kappa shape index (κ1) is 19.1. The predicted molar refractivity (Wildman–Crippen MR) is 90.4 cm³/mol. The van der Waals surface area contributed by atoms with E-state index in [4.69, 9.17) is 14.3 Å². The molecule has 0 aromatic heterocycles. The Hall–Kier alpha value is 1.05. The van der Waals surface area contributed by atoms with Crippen LogP contribution < -0.4 is 0 Å². The maximum absolute atomic E-state index is 9.17. The second kappa shape index (κ2) is 12.6. The fraction of sp³-hybridized carbons (Fsp3) is 1.00. The van der Waals surface area contributed by atoms with Crippen LogP contribution in [0.1, 0.15) is 12.8 Å². The van der Waals surface area contributed by atoms with E-state index in [1.165, 1.54) is 0 Å². The minimum Gasteiger partial charge on any atom is -0.376 e. The molecule has 0 radical (unpaired) electrons. The highest BCUT2D eigenvalue weighted by molar-refractivity contribution is 7.31. The van der Waals surface area contributed by atoms with Gasteiger partial charge in [0.15, 0.2) is 0 Å². The van der Waals surface area contributed by atoms with Gasteiger partial charge in [0.1, 0.15) is 6.73 Å². The van der Waals surface area contributed by atoms with Crippen molar-refractivity contribution in [2.24, 2.45) is 0 Å². The van der Waals surface area contributed by atoms with E-state index in [0.717, 1.165) is 64.7 Å². The molecule has 6 nitrogen and oxygen atoms in total. The summed E-state index contributed by atoms with van der Waals surface area (Å²) in [7, 11) is 2.29. The lowest BCUT2D eigenvalue weighted by atomic mass is 10.3. The van der Waals surface area contributed by atoms with E-state index in [9.17, 15) is 0 Å². The van der Waals surface area contributed by atoms with Crippen LogP contribution in [0.5, 0.6) is 0 Å². The number of hydrogen-bond donors (Lipinski definition) is 2. The fourth-order valence-corrected chi connectivity index (χ4v) is 3.65. The molecule has 3 unspecified atom stereocenters. The lowest BCUT2D eigenvalue weighted by molar-refractivity contribution is 0.127. The molecule has 1 fully saturated rings. The minimum atomic E-state index is -0.0154. The number of nitrogens with zero attached hydrogens (tertiary/aromatic N) is 3. The summed E-state index contributed by atoms with van der Waals surface area (Å²) in [5.74, 6) is 0. The highest BCUT2D eigenvalue weighted by atomic mass is 31.1. The molecule has 0 amide bonds. The van der Waals surface area contributed by atoms with Crippen LogP contribution in [-0.4, -0.2) is 83.1 Å². The monoisotopic (exact) mass is 343 g/mol. The van der Waals surface area contributed by atoms with E-state index >= 15 is 0 Å². The third kappa shape index (κ3) is 8.48. The lowest BCUT2D eigenvalue weighted by Gasteiger charge is -2.25. The zero-order valence-electron chi connectivity index (χ0n) is 12.0. The summed E-state index contributed by atoms with van der Waals surface area (Å²) >= 11 is 0. The van der Waals surface area contributed by atoms with Gasteiger partial charge in [-0.25, -0.2) is 0 Å². The van der Waals surface area contributed by atoms with Gasteiger partial charge in [-0.15, -0.1) is 0 Å². The van der Waals surface area contributed by atoms with E-state index in [0.29, 0.717) is 6.73 Å². The molecule has 9 heteroatoms. The number of hydrogen-bond acceptors (Lipinski definition) is 6. The van der Waals surface area contributed by atoms with E-state index in [2.05, 4.69) is 24.2 Å². The SMILES string of the molecule is OPCN1CCCN(COP)CCN(CPO)CCC1. The number of rotatable bonds is 6. The second-order valence-electron chi connectivity index (χ2n) is 4.99. The van der Waals surface area contributed by atoms with E-state index in [1.54, 1.807) is 0 Å². The standard InChI is InChI=1S/C11H28N3O3P3/c15-19-10-13-4-1-3-12(9-17-18)7-8-14(11-20-16)6-2-5-13/h15-16,19-20H,1-11,18H2. The summed E-state index contributed by atoms with van der Waals surface area (Å²) in [5, 5.41) is 0. The summed E-state index contributed by atoms with van der Waals surface area (Å²) < 4.78 is 5.17. The quantitative estimate of drug-likeness (QED) is 0.687. The van der Waals surface area contributed by atoms with Gasteiger partial charge < -0.3 is 14.3 Å². The molecule has 1 saturated heterocycles. The van der Waals surface area contributed by atoms with Gasteiger partial charge >= 0.3 is 0 Å². The molecule has 120 valence electrons. The molecule has 0 aromatic carbocycles. The molecular weight excluding hydrogens is 315 g/mol. The molecule has 0 spiro atoms. The Labute approximate surface area is 128 Å². The van der Waals surface area contributed by atoms with Crippen LogP contribution in [0.15, 0.2) is 0 Å². The molecule has 0 aliphatic carbocycles. The van der Waals surface area contributed by atoms with Crippen LogP contribution in [0.25, 0.3) is 0 Å². The van der Waals surface area contributed by atoms with Crippen LogP contribution >= 0.6 is 27.1 Å². The van der Waals surface area contributed by atoms with E-state index in [1.807, 2.05) is 0 Å². The summed E-state index contributed by atoms with van der Waals surface area (Å²) in [6.07, 6.45) is 3.73. The molecule has 1 aliphatic heterocycles. The van der Waals surface area contributed by atoms with Crippen molar-refractivity contribution in [1.29, 1.82) is 0 Å². The predicted octanol–water partition coefficient (Wildman–Crippen LogP) is 0.537. The Morgan fingerprint density at radius 3 is 1.75 bits per heavy atom. The Morgan fingerprint density at radius 1 is 0.800 bits per heavy atom. The summed E-state index contributed by atoms with van der Waals surface area (Å²) in [4.78, 5) is 25.3. The Bertz CT molecular complexity index is 222. The third-order valence-electron chi connectivity index (χ3n) is 3.48. The molecular formula is C11H28N3O3P3. The molecule has 1 heterocycles. The zero-order valence-corrected chi connectivity index (χ0v) is 15.2. The van der Waals surface area contributed by atoms with E-state index < -0.39 is 0 Å². The lowest BCUT2D eigenvalue weighted by Crippen LogP contribution is -2.36. The third-order valence-corrected chi connectivity index (χ3v) is 4.80. The van der Waals surface area contributed by atoms with Gasteiger partial charge in [-0.2, -0.15) is 0 Å². The van der Waals surface area contributed by atoms with Crippen molar-refractivity contribution >= 4 is 27.1 Å². The van der Waals surface area contributed by atoms with E-state index in [-0.39, 0.29) is 17.6 Å². The Balaban J connectivity index is 2.51. The minimum absolute atomic E-state index is 0.00202. The maximum atomic E-state index is 9.17. The van der Waals surface area contributed by atoms with Gasteiger partial charge in [0, 0.05) is 59.3 Å². The van der Waals surface area contributed by atoms with Crippen molar-refractivity contribution in [2.75, 3.05) is 58.6 Å². The van der Waals surface area contributed by atoms with Crippen LogP contribution in [0, 0.1) is 0 Å². The van der Waals surface area contributed by atoms with Crippen molar-refractivity contribution in [1.82, 2.24) is 14.7 Å². The van der Waals surface area contributed by atoms with Crippen LogP contribution in [0.2, 0.25) is 0 Å². The average molecular weight is 343 g/mol. The molecule has 0 aromatic rings. The largest absolute Gasteiger partial charge is 0.376 e. The normalized spacial score (nSPS) is 22.9. The first-order chi connectivity index (χ1) is 9.80. The first-order valence-corrected chi connectivity index (χ1v) is 9.80. The van der Waals surface area contributed by atoms with Crippen LogP contribution in [-0.2, 0) is 4.52 Å². The van der Waals surface area contributed by atoms with Gasteiger partial charge in [-0.3, -0.25) is 14.7 Å². The molecule has 0 saturated carbocycles. The Kier molecular flexibility index (Phi) is 12.0. The molecule has 1 aliphatic rings. The van der Waals surface area contributed by atoms with Gasteiger partial charge in [0.2, 0.25) is 0 Å². The average Bonchev–Trinajstić information content (AvgIpc) is 2.47. The molecule has 20 heavy (non-hydrogen) atoms. The highest BCUT2D eigenvalue weighted by Gasteiger charge is 2.13. The Morgan fingerprint density at radius 2 is 1.25 bits per heavy atom. The van der Waals surface area contributed by atoms with Gasteiger partial charge in [0.25, 0.3) is 0 Å². The maximum Gasteiger partial charge on any atom is 0.103 e. The van der Waals surface area contributed by atoms with Crippen molar-refractivity contribution in [3.05, 3.63) is 0 Å². The van der Waals surface area contributed by atoms with Crippen molar-refractivity contribution < 1.29 is 14.3 Å². The molecule has 3 atom stereocenters. The summed E-state index contributed by atoms with van der Waals surface area (Å²) in [6, 6.07) is 0. The summed E-state index contributed by atoms with van der Waals surface area (Å²) in [5.41, 5.74) is 0. The van der Waals surface area contributed by atoms with Gasteiger partial charge in [0.05, 0.1) is 0 Å². The highest BCUT2D eigenvalue weighted by Crippen LogP contribution is 2.11. The van der Waals surface area contributed by atoms with Crippen molar-refractivity contribution in [3.63, 3.8) is 0 Å². The smallest absolute Gasteiger partial charge is 0.103 e. The first-order valence-electron chi connectivity index (χ1n) is 7.02. The molecule has 1 rings (SSSR count). The topological polar surface area (TPSA) is 59.4 Å². The van der Waals surface area contributed by atoms with Gasteiger partial charge in [-0.05, 0) is 32.5 Å². The molecule has 2 N–H and O–H groups in total.